The number of nitro groups is 2. The van der Waals surface area contributed by atoms with Crippen LogP contribution in [0.4, 0.5) is 0 Å². The van der Waals surface area contributed by atoms with Crippen molar-refractivity contribution in [1.29, 1.82) is 0 Å². The molecule has 14 nitrogen and oxygen atoms in total. The molecule has 0 atom stereocenters. The third-order valence-electron chi connectivity index (χ3n) is 6.31. The van der Waals surface area contributed by atoms with Crippen LogP contribution in [0.2, 0.25) is 0 Å². The molecule has 46 heavy (non-hydrogen) atoms. The molecule has 4 N–H and O–H groups in total. The molecule has 0 radical (unpaired) electrons. The van der Waals surface area contributed by atoms with E-state index in [-0.39, 0.29) is 0 Å². The minimum Gasteiger partial charge on any atom is -0.494 e. The van der Waals surface area contributed by atoms with Gasteiger partial charge in [-0.3, -0.25) is 20.2 Å². The number of unbranched alkanes of at least 4 members (excludes halogenated alkanes) is 1. The lowest BCUT2D eigenvalue weighted by Crippen LogP contribution is -2.31. The van der Waals surface area contributed by atoms with Crippen LogP contribution in [0.3, 0.4) is 0 Å². The van der Waals surface area contributed by atoms with E-state index in [2.05, 4.69) is 43.2 Å². The summed E-state index contributed by atoms with van der Waals surface area (Å²) in [6, 6.07) is 15.9. The van der Waals surface area contributed by atoms with E-state index in [0.717, 1.165) is 48.1 Å². The minimum atomic E-state index is -0.503. The van der Waals surface area contributed by atoms with Crippen LogP contribution in [0.5, 0.6) is 11.5 Å². The lowest BCUT2D eigenvalue weighted by Gasteiger charge is -2.14. The SMILES string of the molecule is CN(C)Cc1cccc(OCCCNC(=C[N+](=O)[O-])NCCCCNC(=C[N+](=O)[O-])NCCCOc2cccc(CN(C)C)c2)c1. The molecule has 2 rings (SSSR count). The van der Waals surface area contributed by atoms with Gasteiger partial charge in [-0.05, 0) is 89.3 Å². The Morgan fingerprint density at radius 3 is 1.37 bits per heavy atom. The monoisotopic (exact) mass is 642 g/mol. The maximum absolute atomic E-state index is 11.1. The van der Waals surface area contributed by atoms with E-state index in [0.29, 0.717) is 76.7 Å². The second-order valence-corrected chi connectivity index (χ2v) is 11.2. The molecule has 0 saturated heterocycles. The quantitative estimate of drug-likeness (QED) is 0.0712. The number of benzene rings is 2. The first kappa shape index (κ1) is 37.6. The number of nitrogens with zero attached hydrogens (tertiary/aromatic N) is 4. The lowest BCUT2D eigenvalue weighted by molar-refractivity contribution is -0.404. The summed E-state index contributed by atoms with van der Waals surface area (Å²) in [5.41, 5.74) is 2.33. The average molecular weight is 643 g/mol. The summed E-state index contributed by atoms with van der Waals surface area (Å²) in [4.78, 5) is 25.3. The van der Waals surface area contributed by atoms with Crippen molar-refractivity contribution < 1.29 is 19.3 Å². The van der Waals surface area contributed by atoms with Crippen LogP contribution in [0.25, 0.3) is 0 Å². The van der Waals surface area contributed by atoms with Gasteiger partial charge in [0, 0.05) is 39.3 Å². The standard InChI is InChI=1S/C32H50N8O6/c1-37(2)23-27-11-7-13-29(21-27)45-19-9-17-35-31(25-39(41)42)33-15-5-6-16-34-32(26-40(43)44)36-18-10-20-46-30-14-8-12-28(22-30)24-38(3)4/h7-8,11-14,21-22,25-26,33-36H,5-6,9-10,15-20,23-24H2,1-4H3. The van der Waals surface area contributed by atoms with Crippen molar-refractivity contribution in [2.75, 3.05) is 67.6 Å². The molecule has 0 heterocycles. The average Bonchev–Trinajstić information content (AvgIpc) is 2.97. The van der Waals surface area contributed by atoms with Crippen LogP contribution < -0.4 is 30.7 Å². The lowest BCUT2D eigenvalue weighted by atomic mass is 10.2. The van der Waals surface area contributed by atoms with Gasteiger partial charge in [-0.1, -0.05) is 24.3 Å². The van der Waals surface area contributed by atoms with Crippen molar-refractivity contribution in [2.45, 2.75) is 38.8 Å². The van der Waals surface area contributed by atoms with Crippen LogP contribution in [0, 0.1) is 20.2 Å². The van der Waals surface area contributed by atoms with Gasteiger partial charge in [-0.15, -0.1) is 0 Å². The zero-order chi connectivity index (χ0) is 33.6. The van der Waals surface area contributed by atoms with Crippen LogP contribution in [0.1, 0.15) is 36.8 Å². The van der Waals surface area contributed by atoms with E-state index in [9.17, 15) is 20.2 Å². The highest BCUT2D eigenvalue weighted by Gasteiger charge is 2.05. The van der Waals surface area contributed by atoms with E-state index >= 15 is 0 Å². The van der Waals surface area contributed by atoms with Gasteiger partial charge in [0.05, 0.1) is 23.1 Å². The predicted molar refractivity (Wildman–Crippen MR) is 179 cm³/mol. The molecule has 0 fully saturated rings. The van der Waals surface area contributed by atoms with Crippen LogP contribution >= 0.6 is 0 Å². The van der Waals surface area contributed by atoms with Crippen molar-refractivity contribution in [2.24, 2.45) is 0 Å². The summed E-state index contributed by atoms with van der Waals surface area (Å²) in [5.74, 6) is 2.25. The van der Waals surface area contributed by atoms with E-state index < -0.39 is 9.85 Å². The maximum Gasteiger partial charge on any atom is 0.274 e. The van der Waals surface area contributed by atoms with Crippen molar-refractivity contribution >= 4 is 0 Å². The largest absolute Gasteiger partial charge is 0.494 e. The first-order chi connectivity index (χ1) is 22.1. The second kappa shape index (κ2) is 22.0. The Morgan fingerprint density at radius 1 is 0.652 bits per heavy atom. The number of rotatable bonds is 25. The van der Waals surface area contributed by atoms with E-state index in [1.54, 1.807) is 0 Å². The summed E-state index contributed by atoms with van der Waals surface area (Å²) >= 11 is 0. The van der Waals surface area contributed by atoms with E-state index in [1.807, 2.05) is 64.6 Å². The van der Waals surface area contributed by atoms with Gasteiger partial charge in [0.2, 0.25) is 0 Å². The van der Waals surface area contributed by atoms with Gasteiger partial charge >= 0.3 is 0 Å². The number of hydrogen-bond acceptors (Lipinski definition) is 12. The number of hydrogen-bond donors (Lipinski definition) is 4. The molecule has 0 aromatic heterocycles. The van der Waals surface area contributed by atoms with Crippen LogP contribution in [-0.4, -0.2) is 87.2 Å². The highest BCUT2D eigenvalue weighted by molar-refractivity contribution is 5.29. The molecule has 14 heteroatoms. The van der Waals surface area contributed by atoms with Crippen molar-refractivity contribution in [3.8, 4) is 11.5 Å². The molecule has 0 aliphatic heterocycles. The minimum absolute atomic E-state index is 0.327. The Morgan fingerprint density at radius 2 is 1.02 bits per heavy atom. The van der Waals surface area contributed by atoms with E-state index in [1.165, 1.54) is 0 Å². The van der Waals surface area contributed by atoms with Crippen molar-refractivity contribution in [3.05, 3.63) is 104 Å². The molecule has 2 aromatic rings. The Bertz CT molecular complexity index is 1160. The van der Waals surface area contributed by atoms with Gasteiger partial charge in [0.1, 0.15) is 11.5 Å². The Balaban J connectivity index is 1.63. The highest BCUT2D eigenvalue weighted by atomic mass is 16.6. The normalized spacial score (nSPS) is 11.8. The zero-order valence-electron chi connectivity index (χ0n) is 27.5. The number of ether oxygens (including phenoxy) is 2. The second-order valence-electron chi connectivity index (χ2n) is 11.2. The fourth-order valence-corrected chi connectivity index (χ4v) is 4.38. The van der Waals surface area contributed by atoms with Crippen LogP contribution in [0.15, 0.2) is 72.6 Å². The molecule has 0 saturated carbocycles. The molecule has 0 bridgehead atoms. The molecule has 2 aromatic carbocycles. The summed E-state index contributed by atoms with van der Waals surface area (Å²) in [6.07, 6.45) is 4.54. The predicted octanol–water partition coefficient (Wildman–Crippen LogP) is 3.34. The molecule has 254 valence electrons. The molecule has 0 unspecified atom stereocenters. The van der Waals surface area contributed by atoms with Crippen molar-refractivity contribution in [1.82, 2.24) is 31.1 Å². The fourth-order valence-electron chi connectivity index (χ4n) is 4.38. The summed E-state index contributed by atoms with van der Waals surface area (Å²) in [6.45, 7) is 4.60. The summed E-state index contributed by atoms with van der Waals surface area (Å²) in [7, 11) is 8.05. The van der Waals surface area contributed by atoms with Gasteiger partial charge < -0.3 is 40.5 Å². The maximum atomic E-state index is 11.1. The first-order valence-corrected chi connectivity index (χ1v) is 15.5. The smallest absolute Gasteiger partial charge is 0.274 e. The van der Waals surface area contributed by atoms with Gasteiger partial charge in [0.15, 0.2) is 11.6 Å². The fraction of sp³-hybridized carbons (Fsp3) is 0.500. The Hall–Kier alpha value is -4.56. The van der Waals surface area contributed by atoms with Crippen molar-refractivity contribution in [3.63, 3.8) is 0 Å². The number of nitrogens with one attached hydrogen (secondary N) is 4. The van der Waals surface area contributed by atoms with Gasteiger partial charge in [-0.25, -0.2) is 0 Å². The first-order valence-electron chi connectivity index (χ1n) is 15.5. The van der Waals surface area contributed by atoms with Gasteiger partial charge in [0.25, 0.3) is 12.4 Å². The molecular weight excluding hydrogens is 592 g/mol. The summed E-state index contributed by atoms with van der Waals surface area (Å²) < 4.78 is 11.7. The third-order valence-corrected chi connectivity index (χ3v) is 6.31. The Labute approximate surface area is 272 Å². The third kappa shape index (κ3) is 18.3. The van der Waals surface area contributed by atoms with E-state index in [4.69, 9.17) is 9.47 Å². The Kier molecular flexibility index (Phi) is 18.0. The molecule has 0 aliphatic carbocycles. The summed E-state index contributed by atoms with van der Waals surface area (Å²) in [5, 5.41) is 34.4. The van der Waals surface area contributed by atoms with Gasteiger partial charge in [-0.2, -0.15) is 0 Å². The highest BCUT2D eigenvalue weighted by Crippen LogP contribution is 2.15. The molecule has 0 spiro atoms. The molecular formula is C32H50N8O6. The van der Waals surface area contributed by atoms with Crippen LogP contribution in [-0.2, 0) is 13.1 Å². The topological polar surface area (TPSA) is 159 Å². The molecule has 0 aliphatic rings. The zero-order valence-corrected chi connectivity index (χ0v) is 27.5. The molecule has 0 amide bonds.